The van der Waals surface area contributed by atoms with E-state index >= 15 is 0 Å². The first-order valence-electron chi connectivity index (χ1n) is 5.44. The molecule has 1 aliphatic rings. The summed E-state index contributed by atoms with van der Waals surface area (Å²) in [6.45, 7) is 0.249. The van der Waals surface area contributed by atoms with Gasteiger partial charge in [0, 0.05) is 13.2 Å². The van der Waals surface area contributed by atoms with Gasteiger partial charge >= 0.3 is 0 Å². The molecule has 17 heavy (non-hydrogen) atoms. The fraction of sp³-hybridized carbons (Fsp3) is 0.231. The Kier molecular flexibility index (Phi) is 2.30. The first kappa shape index (κ1) is 10.2. The lowest BCUT2D eigenvalue weighted by atomic mass is 10.1. The largest absolute Gasteiger partial charge is 0.454 e. The first-order valence-corrected chi connectivity index (χ1v) is 5.44. The zero-order chi connectivity index (χ0) is 11.8. The van der Waals surface area contributed by atoms with Crippen molar-refractivity contribution in [3.05, 3.63) is 47.8 Å². The van der Waals surface area contributed by atoms with Crippen LogP contribution in [0.3, 0.4) is 0 Å². The van der Waals surface area contributed by atoms with Gasteiger partial charge in [-0.25, -0.2) is 0 Å². The van der Waals surface area contributed by atoms with Crippen LogP contribution >= 0.6 is 0 Å². The highest BCUT2D eigenvalue weighted by atomic mass is 16.7. The predicted octanol–water partition coefficient (Wildman–Crippen LogP) is 1.84. The monoisotopic (exact) mass is 231 g/mol. The second-order valence-electron chi connectivity index (χ2n) is 4.06. The second-order valence-corrected chi connectivity index (χ2v) is 4.06. The molecule has 4 nitrogen and oxygen atoms in total. The number of fused-ring (bicyclic) bond motifs is 1. The van der Waals surface area contributed by atoms with Gasteiger partial charge in [0.25, 0.3) is 0 Å². The van der Waals surface area contributed by atoms with Crippen molar-refractivity contribution in [2.24, 2.45) is 7.05 Å². The Bertz CT molecular complexity index is 547. The normalized spacial score (nSPS) is 14.9. The number of aryl methyl sites for hydroxylation is 1. The summed E-state index contributed by atoms with van der Waals surface area (Å²) in [5.41, 5.74) is 1.65. The Morgan fingerprint density at radius 2 is 2.06 bits per heavy atom. The molecule has 0 saturated heterocycles. The van der Waals surface area contributed by atoms with Gasteiger partial charge in [-0.3, -0.25) is 0 Å². The minimum absolute atomic E-state index is 0.249. The molecule has 0 saturated carbocycles. The van der Waals surface area contributed by atoms with Crippen molar-refractivity contribution in [1.29, 1.82) is 0 Å². The van der Waals surface area contributed by atoms with E-state index in [1.54, 1.807) is 0 Å². The highest BCUT2D eigenvalue weighted by Crippen LogP contribution is 2.35. The summed E-state index contributed by atoms with van der Waals surface area (Å²) in [4.78, 5) is 0. The quantitative estimate of drug-likeness (QED) is 0.857. The summed E-state index contributed by atoms with van der Waals surface area (Å²) in [5, 5.41) is 10.3. The third-order valence-corrected chi connectivity index (χ3v) is 2.98. The van der Waals surface area contributed by atoms with Gasteiger partial charge in [0.15, 0.2) is 11.5 Å². The lowest BCUT2D eigenvalue weighted by molar-refractivity contribution is 0.173. The molecule has 1 aliphatic heterocycles. The molecule has 1 unspecified atom stereocenters. The van der Waals surface area contributed by atoms with Gasteiger partial charge in [-0.2, -0.15) is 0 Å². The molecular weight excluding hydrogens is 218 g/mol. The van der Waals surface area contributed by atoms with E-state index < -0.39 is 6.10 Å². The number of nitrogens with zero attached hydrogens (tertiary/aromatic N) is 1. The maximum absolute atomic E-state index is 10.3. The SMILES string of the molecule is Cn1cccc1C(O)c1ccc2c(c1)OCO2. The molecule has 1 aromatic carbocycles. The number of rotatable bonds is 2. The summed E-state index contributed by atoms with van der Waals surface area (Å²) in [7, 11) is 1.91. The molecule has 1 atom stereocenters. The van der Waals surface area contributed by atoms with Crippen LogP contribution < -0.4 is 9.47 Å². The Morgan fingerprint density at radius 3 is 2.82 bits per heavy atom. The Balaban J connectivity index is 1.97. The van der Waals surface area contributed by atoms with Crippen molar-refractivity contribution in [2.45, 2.75) is 6.10 Å². The van der Waals surface area contributed by atoms with Crippen LogP contribution in [0.15, 0.2) is 36.5 Å². The molecule has 0 radical (unpaired) electrons. The van der Waals surface area contributed by atoms with Crippen LogP contribution in [0.2, 0.25) is 0 Å². The van der Waals surface area contributed by atoms with Crippen LogP contribution in [0.1, 0.15) is 17.4 Å². The van der Waals surface area contributed by atoms with Crippen LogP contribution in [0.4, 0.5) is 0 Å². The molecule has 1 aromatic heterocycles. The van der Waals surface area contributed by atoms with E-state index in [2.05, 4.69) is 0 Å². The molecule has 88 valence electrons. The number of hydrogen-bond donors (Lipinski definition) is 1. The van der Waals surface area contributed by atoms with Gasteiger partial charge in [0.2, 0.25) is 6.79 Å². The van der Waals surface area contributed by atoms with E-state index in [9.17, 15) is 5.11 Å². The van der Waals surface area contributed by atoms with Crippen LogP contribution in [0.25, 0.3) is 0 Å². The maximum atomic E-state index is 10.3. The third kappa shape index (κ3) is 1.66. The van der Waals surface area contributed by atoms with Gasteiger partial charge < -0.3 is 19.1 Å². The summed E-state index contributed by atoms with van der Waals surface area (Å²) >= 11 is 0. The predicted molar refractivity (Wildman–Crippen MR) is 62.0 cm³/mol. The molecule has 0 aliphatic carbocycles. The zero-order valence-corrected chi connectivity index (χ0v) is 9.46. The molecule has 1 N–H and O–H groups in total. The van der Waals surface area contributed by atoms with E-state index in [4.69, 9.17) is 9.47 Å². The van der Waals surface area contributed by atoms with Gasteiger partial charge in [-0.05, 0) is 29.8 Å². The highest BCUT2D eigenvalue weighted by molar-refractivity contribution is 5.46. The van der Waals surface area contributed by atoms with Gasteiger partial charge in [0.05, 0.1) is 5.69 Å². The summed E-state index contributed by atoms with van der Waals surface area (Å²) in [6.07, 6.45) is 1.26. The molecule has 0 bridgehead atoms. The number of benzene rings is 1. The lowest BCUT2D eigenvalue weighted by Crippen LogP contribution is -2.04. The minimum atomic E-state index is -0.649. The topological polar surface area (TPSA) is 43.6 Å². The van der Waals surface area contributed by atoms with Crippen molar-refractivity contribution >= 4 is 0 Å². The highest BCUT2D eigenvalue weighted by Gasteiger charge is 2.18. The average molecular weight is 231 g/mol. The van der Waals surface area contributed by atoms with Crippen LogP contribution in [0.5, 0.6) is 11.5 Å². The number of aliphatic hydroxyl groups excluding tert-OH is 1. The minimum Gasteiger partial charge on any atom is -0.454 e. The summed E-state index contributed by atoms with van der Waals surface area (Å²) in [6, 6.07) is 9.30. The number of ether oxygens (including phenoxy) is 2. The number of hydrogen-bond acceptors (Lipinski definition) is 3. The molecule has 2 aromatic rings. The van der Waals surface area contributed by atoms with Gasteiger partial charge in [-0.1, -0.05) is 6.07 Å². The number of aliphatic hydroxyl groups is 1. The Morgan fingerprint density at radius 1 is 1.24 bits per heavy atom. The standard InChI is InChI=1S/C13H13NO3/c1-14-6-2-3-10(14)13(15)9-4-5-11-12(7-9)17-8-16-11/h2-7,13,15H,8H2,1H3. The maximum Gasteiger partial charge on any atom is 0.231 e. The summed E-state index contributed by atoms with van der Waals surface area (Å²) < 4.78 is 12.4. The Hall–Kier alpha value is -1.94. The van der Waals surface area contributed by atoms with Crippen molar-refractivity contribution in [2.75, 3.05) is 6.79 Å². The molecule has 3 rings (SSSR count). The third-order valence-electron chi connectivity index (χ3n) is 2.98. The van der Waals surface area contributed by atoms with Crippen LogP contribution in [-0.2, 0) is 7.05 Å². The van der Waals surface area contributed by atoms with Crippen molar-refractivity contribution < 1.29 is 14.6 Å². The zero-order valence-electron chi connectivity index (χ0n) is 9.46. The number of aromatic nitrogens is 1. The van der Waals surface area contributed by atoms with Crippen molar-refractivity contribution in [1.82, 2.24) is 4.57 Å². The van der Waals surface area contributed by atoms with Gasteiger partial charge in [-0.15, -0.1) is 0 Å². The van der Waals surface area contributed by atoms with Crippen molar-refractivity contribution in [3.8, 4) is 11.5 Å². The van der Waals surface area contributed by atoms with Crippen molar-refractivity contribution in [3.63, 3.8) is 0 Å². The first-order chi connectivity index (χ1) is 8.25. The van der Waals surface area contributed by atoms with E-state index in [0.717, 1.165) is 17.0 Å². The molecule has 0 spiro atoms. The smallest absolute Gasteiger partial charge is 0.231 e. The second kappa shape index (κ2) is 3.82. The fourth-order valence-electron chi connectivity index (χ4n) is 2.01. The van der Waals surface area contributed by atoms with Gasteiger partial charge in [0.1, 0.15) is 6.10 Å². The molecule has 4 heteroatoms. The molecule has 0 amide bonds. The van der Waals surface area contributed by atoms with E-state index in [1.807, 2.05) is 48.1 Å². The van der Waals surface area contributed by atoms with Crippen LogP contribution in [0, 0.1) is 0 Å². The van der Waals surface area contributed by atoms with E-state index in [0.29, 0.717) is 5.75 Å². The summed E-state index contributed by atoms with van der Waals surface area (Å²) in [5.74, 6) is 1.42. The van der Waals surface area contributed by atoms with E-state index in [-0.39, 0.29) is 6.79 Å². The molecular formula is C13H13NO3. The lowest BCUT2D eigenvalue weighted by Gasteiger charge is -2.12. The van der Waals surface area contributed by atoms with Crippen LogP contribution in [-0.4, -0.2) is 16.5 Å². The fourth-order valence-corrected chi connectivity index (χ4v) is 2.01. The average Bonchev–Trinajstić information content (AvgIpc) is 2.95. The molecule has 2 heterocycles. The Labute approximate surface area is 99.0 Å². The molecule has 0 fully saturated rings. The van der Waals surface area contributed by atoms with E-state index in [1.165, 1.54) is 0 Å².